The molecule has 174 valence electrons. The summed E-state index contributed by atoms with van der Waals surface area (Å²) in [4.78, 5) is 3.95. The van der Waals surface area contributed by atoms with Crippen molar-refractivity contribution in [3.63, 3.8) is 0 Å². The van der Waals surface area contributed by atoms with Crippen LogP contribution in [0.4, 0.5) is 18.3 Å². The minimum Gasteiger partial charge on any atom is -0.493 e. The molecule has 1 atom stereocenters. The number of sulfonamides is 1. The number of anilines is 1. The van der Waals surface area contributed by atoms with Crippen molar-refractivity contribution >= 4 is 26.5 Å². The Hall–Kier alpha value is -2.79. The first-order valence-electron chi connectivity index (χ1n) is 10.3. The molecule has 1 aliphatic carbocycles. The number of hydrogen-bond acceptors (Lipinski definition) is 6. The van der Waals surface area contributed by atoms with Gasteiger partial charge >= 0.3 is 6.18 Å². The number of thiazole rings is 1. The zero-order chi connectivity index (χ0) is 23.2. The quantitative estimate of drug-likeness (QED) is 0.471. The summed E-state index contributed by atoms with van der Waals surface area (Å²) in [5.41, 5.74) is 0.521. The van der Waals surface area contributed by atoms with Gasteiger partial charge in [0.25, 0.3) is 10.0 Å². The molecule has 5 rings (SSSR count). The predicted molar refractivity (Wildman–Crippen MR) is 116 cm³/mol. The summed E-state index contributed by atoms with van der Waals surface area (Å²) in [6, 6.07) is 8.08. The van der Waals surface area contributed by atoms with Crippen LogP contribution in [0.5, 0.6) is 11.5 Å². The molecular formula is C22H19F3N2O4S2. The van der Waals surface area contributed by atoms with Gasteiger partial charge in [-0.05, 0) is 48.6 Å². The van der Waals surface area contributed by atoms with E-state index in [4.69, 9.17) is 9.47 Å². The van der Waals surface area contributed by atoms with Gasteiger partial charge in [-0.2, -0.15) is 13.2 Å². The molecule has 2 aliphatic rings. The maximum absolute atomic E-state index is 13.2. The highest BCUT2D eigenvalue weighted by atomic mass is 32.2. The van der Waals surface area contributed by atoms with Crippen molar-refractivity contribution in [1.82, 2.24) is 4.98 Å². The second-order valence-corrected chi connectivity index (χ2v) is 10.5. The van der Waals surface area contributed by atoms with Crippen LogP contribution in [0, 0.1) is 0 Å². The van der Waals surface area contributed by atoms with E-state index in [1.807, 2.05) is 0 Å². The zero-order valence-electron chi connectivity index (χ0n) is 17.1. The van der Waals surface area contributed by atoms with Crippen molar-refractivity contribution < 1.29 is 31.1 Å². The minimum atomic E-state index is -4.41. The Morgan fingerprint density at radius 2 is 1.91 bits per heavy atom. The van der Waals surface area contributed by atoms with Crippen LogP contribution in [-0.4, -0.2) is 20.0 Å². The number of nitrogens with one attached hydrogen (secondary N) is 1. The van der Waals surface area contributed by atoms with E-state index in [-0.39, 0.29) is 15.9 Å². The predicted octanol–water partition coefficient (Wildman–Crippen LogP) is 5.74. The van der Waals surface area contributed by atoms with Crippen molar-refractivity contribution in [3.8, 4) is 11.5 Å². The lowest BCUT2D eigenvalue weighted by Gasteiger charge is -2.28. The van der Waals surface area contributed by atoms with Crippen LogP contribution in [-0.2, 0) is 16.2 Å². The Morgan fingerprint density at radius 1 is 1.09 bits per heavy atom. The van der Waals surface area contributed by atoms with Gasteiger partial charge in [0.15, 0.2) is 5.13 Å². The number of ether oxygens (including phenoxy) is 2. The number of nitrogens with zero attached hydrogens (tertiary/aromatic N) is 1. The normalized spacial score (nSPS) is 18.3. The molecule has 1 N–H and O–H groups in total. The summed E-state index contributed by atoms with van der Waals surface area (Å²) >= 11 is 1.16. The Labute approximate surface area is 192 Å². The van der Waals surface area contributed by atoms with E-state index in [0.717, 1.165) is 30.2 Å². The van der Waals surface area contributed by atoms with Crippen LogP contribution in [0.3, 0.4) is 0 Å². The molecule has 0 bridgehead atoms. The van der Waals surface area contributed by atoms with Gasteiger partial charge in [-0.25, -0.2) is 13.4 Å². The highest BCUT2D eigenvalue weighted by molar-refractivity contribution is 7.93. The maximum atomic E-state index is 13.2. The van der Waals surface area contributed by atoms with E-state index in [1.165, 1.54) is 30.5 Å². The fraction of sp³-hybridized carbons (Fsp3) is 0.318. The number of fused-ring (bicyclic) bond motifs is 1. The van der Waals surface area contributed by atoms with Crippen LogP contribution >= 0.6 is 11.3 Å². The molecule has 1 saturated carbocycles. The summed E-state index contributed by atoms with van der Waals surface area (Å²) in [5, 5.41) is 1.91. The fourth-order valence-corrected chi connectivity index (χ4v) is 5.58. The number of alkyl halides is 3. The number of hydrogen-bond donors (Lipinski definition) is 1. The number of aromatic nitrogens is 1. The van der Waals surface area contributed by atoms with Gasteiger partial charge in [0.05, 0.1) is 17.1 Å². The van der Waals surface area contributed by atoms with Gasteiger partial charge < -0.3 is 9.47 Å². The summed E-state index contributed by atoms with van der Waals surface area (Å²) in [6.45, 7) is 0.292. The van der Waals surface area contributed by atoms with Crippen molar-refractivity contribution in [2.75, 3.05) is 11.3 Å². The lowest BCUT2D eigenvalue weighted by Crippen LogP contribution is -2.20. The Morgan fingerprint density at radius 3 is 2.61 bits per heavy atom. The lowest BCUT2D eigenvalue weighted by atomic mass is 10.0. The third-order valence-electron chi connectivity index (χ3n) is 5.56. The van der Waals surface area contributed by atoms with Crippen LogP contribution in [0.15, 0.2) is 52.9 Å². The fourth-order valence-electron chi connectivity index (χ4n) is 3.77. The second-order valence-electron chi connectivity index (χ2n) is 7.91. The lowest BCUT2D eigenvalue weighted by molar-refractivity contribution is -0.137. The van der Waals surface area contributed by atoms with Crippen molar-refractivity contribution in [1.29, 1.82) is 0 Å². The van der Waals surface area contributed by atoms with Crippen LogP contribution < -0.4 is 14.2 Å². The average molecular weight is 497 g/mol. The Bertz CT molecular complexity index is 1270. The van der Waals surface area contributed by atoms with Gasteiger partial charge in [-0.3, -0.25) is 4.72 Å². The van der Waals surface area contributed by atoms with E-state index in [9.17, 15) is 21.6 Å². The first-order valence-corrected chi connectivity index (χ1v) is 12.6. The Balaban J connectivity index is 1.42. The van der Waals surface area contributed by atoms with Crippen LogP contribution in [0.2, 0.25) is 0 Å². The van der Waals surface area contributed by atoms with Gasteiger partial charge in [-0.1, -0.05) is 6.07 Å². The molecule has 1 unspecified atom stereocenters. The average Bonchev–Trinajstić information content (AvgIpc) is 3.50. The maximum Gasteiger partial charge on any atom is 0.416 e. The van der Waals surface area contributed by atoms with Crippen molar-refractivity contribution in [2.45, 2.75) is 42.4 Å². The van der Waals surface area contributed by atoms with Gasteiger partial charge in [-0.15, -0.1) is 11.3 Å². The molecule has 1 fully saturated rings. The van der Waals surface area contributed by atoms with Crippen LogP contribution in [0.1, 0.15) is 48.0 Å². The third kappa shape index (κ3) is 4.65. The summed E-state index contributed by atoms with van der Waals surface area (Å²) < 4.78 is 79.2. The number of benzene rings is 2. The largest absolute Gasteiger partial charge is 0.493 e. The summed E-state index contributed by atoms with van der Waals surface area (Å²) in [5.74, 6) is 0.852. The molecule has 3 aromatic rings. The Kier molecular flexibility index (Phi) is 5.48. The number of halogens is 3. The van der Waals surface area contributed by atoms with E-state index >= 15 is 0 Å². The first-order chi connectivity index (χ1) is 15.7. The molecule has 1 aromatic heterocycles. The van der Waals surface area contributed by atoms with Gasteiger partial charge in [0.1, 0.15) is 17.6 Å². The molecule has 0 amide bonds. The van der Waals surface area contributed by atoms with Crippen molar-refractivity contribution in [3.05, 3.63) is 64.7 Å². The third-order valence-corrected chi connectivity index (χ3v) is 7.71. The standard InChI is InChI=1S/C22H19F3N2O4S2/c23-22(24,25)14-3-6-18(17(11-14)13-1-2-13)31-19-7-9-30-20-12-15(4-5-16(19)20)33(28,29)27-21-26-8-10-32-21/h3-6,8,10-13,19H,1-2,7,9H2,(H,26,27). The molecule has 33 heavy (non-hydrogen) atoms. The smallest absolute Gasteiger partial charge is 0.416 e. The van der Waals surface area contributed by atoms with Gasteiger partial charge in [0.2, 0.25) is 0 Å². The highest BCUT2D eigenvalue weighted by Crippen LogP contribution is 2.48. The number of rotatable bonds is 6. The van der Waals surface area contributed by atoms with Gasteiger partial charge in [0, 0.05) is 29.6 Å². The van der Waals surface area contributed by atoms with Crippen molar-refractivity contribution in [2.24, 2.45) is 0 Å². The highest BCUT2D eigenvalue weighted by Gasteiger charge is 2.35. The molecule has 6 nitrogen and oxygen atoms in total. The van der Waals surface area contributed by atoms with E-state index in [2.05, 4.69) is 9.71 Å². The SMILES string of the molecule is O=S(=O)(Nc1nccs1)c1ccc2c(c1)OCCC2Oc1ccc(C(F)(F)F)cc1C1CC1. The first kappa shape index (κ1) is 22.0. The molecule has 2 aromatic carbocycles. The molecule has 0 radical (unpaired) electrons. The second kappa shape index (κ2) is 8.21. The van der Waals surface area contributed by atoms with E-state index in [1.54, 1.807) is 11.4 Å². The minimum absolute atomic E-state index is 0.0188. The topological polar surface area (TPSA) is 77.5 Å². The monoisotopic (exact) mass is 496 g/mol. The summed E-state index contributed by atoms with van der Waals surface area (Å²) in [6.07, 6.45) is -1.24. The molecular weight excluding hydrogens is 477 g/mol. The molecule has 11 heteroatoms. The zero-order valence-corrected chi connectivity index (χ0v) is 18.8. The molecule has 2 heterocycles. The van der Waals surface area contributed by atoms with E-state index in [0.29, 0.717) is 35.7 Å². The molecule has 0 spiro atoms. The van der Waals surface area contributed by atoms with E-state index < -0.39 is 27.9 Å². The molecule has 0 saturated heterocycles. The van der Waals surface area contributed by atoms with Crippen LogP contribution in [0.25, 0.3) is 0 Å². The molecule has 1 aliphatic heterocycles. The summed E-state index contributed by atoms with van der Waals surface area (Å²) in [7, 11) is -3.85.